The average Bonchev–Trinajstić information content (AvgIpc) is 3.19. The van der Waals surface area contributed by atoms with Gasteiger partial charge in [-0.2, -0.15) is 4.98 Å². The predicted molar refractivity (Wildman–Crippen MR) is 108 cm³/mol. The zero-order valence-corrected chi connectivity index (χ0v) is 16.3. The third-order valence-electron chi connectivity index (χ3n) is 5.28. The fourth-order valence-corrected chi connectivity index (χ4v) is 3.57. The molecule has 29 heavy (non-hydrogen) atoms. The molecule has 0 aliphatic carbocycles. The first-order valence-electron chi connectivity index (χ1n) is 9.76. The van der Waals surface area contributed by atoms with E-state index in [2.05, 4.69) is 20.4 Å². The number of amides is 1. The van der Waals surface area contributed by atoms with Crippen LogP contribution in [0.4, 0.5) is 10.1 Å². The highest BCUT2D eigenvalue weighted by Crippen LogP contribution is 2.23. The van der Waals surface area contributed by atoms with E-state index in [-0.39, 0.29) is 17.6 Å². The summed E-state index contributed by atoms with van der Waals surface area (Å²) in [5, 5.41) is 6.97. The summed E-state index contributed by atoms with van der Waals surface area (Å²) >= 11 is 0. The summed E-state index contributed by atoms with van der Waals surface area (Å²) in [7, 11) is 0. The molecule has 0 saturated carbocycles. The van der Waals surface area contributed by atoms with Gasteiger partial charge in [-0.3, -0.25) is 9.69 Å². The van der Waals surface area contributed by atoms with Gasteiger partial charge in [0.2, 0.25) is 17.6 Å². The van der Waals surface area contributed by atoms with Gasteiger partial charge in [0, 0.05) is 17.2 Å². The Morgan fingerprint density at radius 1 is 1.17 bits per heavy atom. The molecule has 2 aromatic carbocycles. The molecule has 0 radical (unpaired) electrons. The van der Waals surface area contributed by atoms with Crippen LogP contribution in [0.15, 0.2) is 53.1 Å². The second-order valence-corrected chi connectivity index (χ2v) is 7.37. The van der Waals surface area contributed by atoms with Crippen LogP contribution in [0.2, 0.25) is 0 Å². The zero-order chi connectivity index (χ0) is 20.2. The highest BCUT2D eigenvalue weighted by atomic mass is 19.1. The summed E-state index contributed by atoms with van der Waals surface area (Å²) in [6, 6.07) is 13.8. The Morgan fingerprint density at radius 2 is 1.90 bits per heavy atom. The van der Waals surface area contributed by atoms with Crippen molar-refractivity contribution in [3.63, 3.8) is 0 Å². The summed E-state index contributed by atoms with van der Waals surface area (Å²) in [6.45, 7) is 4.16. The molecule has 1 aromatic heterocycles. The van der Waals surface area contributed by atoms with Crippen LogP contribution < -0.4 is 5.32 Å². The molecule has 7 heteroatoms. The van der Waals surface area contributed by atoms with Gasteiger partial charge < -0.3 is 9.84 Å². The lowest BCUT2D eigenvalue weighted by Crippen LogP contribution is -2.37. The van der Waals surface area contributed by atoms with Crippen molar-refractivity contribution in [2.75, 3.05) is 18.4 Å². The van der Waals surface area contributed by atoms with Crippen molar-refractivity contribution in [3.05, 3.63) is 65.8 Å². The third kappa shape index (κ3) is 4.68. The summed E-state index contributed by atoms with van der Waals surface area (Å²) in [6.07, 6.45) is 1.51. The van der Waals surface area contributed by atoms with Crippen LogP contribution in [0.3, 0.4) is 0 Å². The van der Waals surface area contributed by atoms with Crippen LogP contribution in [0.25, 0.3) is 11.4 Å². The van der Waals surface area contributed by atoms with Gasteiger partial charge in [0.25, 0.3) is 0 Å². The van der Waals surface area contributed by atoms with E-state index in [1.165, 1.54) is 12.1 Å². The van der Waals surface area contributed by atoms with Gasteiger partial charge in [0.15, 0.2) is 0 Å². The van der Waals surface area contributed by atoms with Crippen molar-refractivity contribution in [2.45, 2.75) is 26.3 Å². The standard InChI is InChI=1S/C22H23FN4O2/c1-15-4-2-3-5-19(15)21-25-20(29-26-21)14-27-12-10-16(11-13-27)22(28)24-18-8-6-17(23)7-9-18/h2-9,16H,10-14H2,1H3,(H,24,28). The molecule has 2 heterocycles. The lowest BCUT2D eigenvalue weighted by Gasteiger charge is -2.30. The number of aromatic nitrogens is 2. The van der Waals surface area contributed by atoms with Crippen molar-refractivity contribution in [2.24, 2.45) is 5.92 Å². The first-order valence-corrected chi connectivity index (χ1v) is 9.76. The number of hydrogen-bond donors (Lipinski definition) is 1. The fraction of sp³-hybridized carbons (Fsp3) is 0.318. The Morgan fingerprint density at radius 3 is 2.62 bits per heavy atom. The monoisotopic (exact) mass is 394 g/mol. The Kier molecular flexibility index (Phi) is 5.67. The molecule has 0 atom stereocenters. The van der Waals surface area contributed by atoms with E-state index in [0.717, 1.165) is 37.1 Å². The van der Waals surface area contributed by atoms with E-state index in [4.69, 9.17) is 4.52 Å². The Labute approximate surface area is 168 Å². The van der Waals surface area contributed by atoms with Crippen LogP contribution in [0.5, 0.6) is 0 Å². The Balaban J connectivity index is 1.29. The SMILES string of the molecule is Cc1ccccc1-c1noc(CN2CCC(C(=O)Nc3ccc(F)cc3)CC2)n1. The number of aryl methyl sites for hydroxylation is 1. The Hall–Kier alpha value is -3.06. The molecular formula is C22H23FN4O2. The van der Waals surface area contributed by atoms with Crippen molar-refractivity contribution < 1.29 is 13.7 Å². The molecule has 1 saturated heterocycles. The molecule has 0 spiro atoms. The number of nitrogens with one attached hydrogen (secondary N) is 1. The number of halogens is 1. The topological polar surface area (TPSA) is 71.3 Å². The molecule has 4 rings (SSSR count). The van der Waals surface area contributed by atoms with E-state index < -0.39 is 0 Å². The molecule has 1 fully saturated rings. The molecule has 3 aromatic rings. The molecule has 1 amide bonds. The summed E-state index contributed by atoms with van der Waals surface area (Å²) in [4.78, 5) is 19.2. The predicted octanol–water partition coefficient (Wildman–Crippen LogP) is 4.03. The molecule has 1 aliphatic rings. The maximum Gasteiger partial charge on any atom is 0.241 e. The minimum absolute atomic E-state index is 0.0177. The number of anilines is 1. The normalized spacial score (nSPS) is 15.4. The summed E-state index contributed by atoms with van der Waals surface area (Å²) in [5.74, 6) is 0.796. The van der Waals surface area contributed by atoms with Crippen LogP contribution in [-0.4, -0.2) is 34.0 Å². The number of carbonyl (C=O) groups excluding carboxylic acids is 1. The fourth-order valence-electron chi connectivity index (χ4n) is 3.57. The molecule has 1 aliphatic heterocycles. The molecule has 1 N–H and O–H groups in total. The number of rotatable bonds is 5. The first kappa shape index (κ1) is 19.3. The van der Waals surface area contributed by atoms with E-state index in [1.54, 1.807) is 12.1 Å². The second-order valence-electron chi connectivity index (χ2n) is 7.37. The molecule has 6 nitrogen and oxygen atoms in total. The Bertz CT molecular complexity index is 978. The largest absolute Gasteiger partial charge is 0.338 e. The van der Waals surface area contributed by atoms with Crippen molar-refractivity contribution in [1.82, 2.24) is 15.0 Å². The highest BCUT2D eigenvalue weighted by molar-refractivity contribution is 5.92. The number of carbonyl (C=O) groups is 1. The lowest BCUT2D eigenvalue weighted by atomic mass is 9.96. The third-order valence-corrected chi connectivity index (χ3v) is 5.28. The number of likely N-dealkylation sites (tertiary alicyclic amines) is 1. The number of piperidine rings is 1. The van der Waals surface area contributed by atoms with Gasteiger partial charge >= 0.3 is 0 Å². The van der Waals surface area contributed by atoms with E-state index in [1.807, 2.05) is 31.2 Å². The summed E-state index contributed by atoms with van der Waals surface area (Å²) < 4.78 is 18.4. The molecule has 0 unspecified atom stereocenters. The minimum atomic E-state index is -0.317. The van der Waals surface area contributed by atoms with Crippen molar-refractivity contribution in [1.29, 1.82) is 0 Å². The summed E-state index contributed by atoms with van der Waals surface area (Å²) in [5.41, 5.74) is 2.69. The van der Waals surface area contributed by atoms with Gasteiger partial charge in [-0.05, 0) is 62.7 Å². The molecular weight excluding hydrogens is 371 g/mol. The molecule has 0 bridgehead atoms. The van der Waals surface area contributed by atoms with Gasteiger partial charge in [-0.1, -0.05) is 29.4 Å². The van der Waals surface area contributed by atoms with Crippen LogP contribution >= 0.6 is 0 Å². The van der Waals surface area contributed by atoms with Crippen LogP contribution in [0, 0.1) is 18.7 Å². The maximum atomic E-state index is 13.0. The second kappa shape index (κ2) is 8.53. The quantitative estimate of drug-likeness (QED) is 0.707. The van der Waals surface area contributed by atoms with Crippen molar-refractivity contribution >= 4 is 11.6 Å². The molecule has 150 valence electrons. The number of hydrogen-bond acceptors (Lipinski definition) is 5. The van der Waals surface area contributed by atoms with Gasteiger partial charge in [0.05, 0.1) is 6.54 Å². The first-order chi connectivity index (χ1) is 14.1. The van der Waals surface area contributed by atoms with Gasteiger partial charge in [0.1, 0.15) is 5.82 Å². The lowest BCUT2D eigenvalue weighted by molar-refractivity contribution is -0.121. The van der Waals surface area contributed by atoms with Crippen molar-refractivity contribution in [3.8, 4) is 11.4 Å². The van der Waals surface area contributed by atoms with Crippen LogP contribution in [0.1, 0.15) is 24.3 Å². The average molecular weight is 394 g/mol. The van der Waals surface area contributed by atoms with E-state index in [9.17, 15) is 9.18 Å². The minimum Gasteiger partial charge on any atom is -0.338 e. The highest BCUT2D eigenvalue weighted by Gasteiger charge is 2.26. The van der Waals surface area contributed by atoms with Gasteiger partial charge in [-0.25, -0.2) is 4.39 Å². The van der Waals surface area contributed by atoms with Gasteiger partial charge in [-0.15, -0.1) is 0 Å². The number of benzene rings is 2. The smallest absolute Gasteiger partial charge is 0.241 e. The zero-order valence-electron chi connectivity index (χ0n) is 16.3. The van der Waals surface area contributed by atoms with E-state index >= 15 is 0 Å². The maximum absolute atomic E-state index is 13.0. The van der Waals surface area contributed by atoms with Crippen LogP contribution in [-0.2, 0) is 11.3 Å². The van der Waals surface area contributed by atoms with E-state index in [0.29, 0.717) is 23.9 Å². The number of nitrogens with zero attached hydrogens (tertiary/aromatic N) is 3.